The summed E-state index contributed by atoms with van der Waals surface area (Å²) >= 11 is 1.72. The van der Waals surface area contributed by atoms with Gasteiger partial charge in [0.05, 0.1) is 17.5 Å². The predicted octanol–water partition coefficient (Wildman–Crippen LogP) is 2.57. The number of hydrogen-bond donors (Lipinski definition) is 3. The van der Waals surface area contributed by atoms with Gasteiger partial charge in [-0.1, -0.05) is 25.7 Å². The van der Waals surface area contributed by atoms with Gasteiger partial charge in [-0.2, -0.15) is 0 Å². The molecule has 5 atom stereocenters. The van der Waals surface area contributed by atoms with E-state index >= 15 is 0 Å². The number of carbonyl (C=O) groups excluding carboxylic acids is 4. The predicted molar refractivity (Wildman–Crippen MR) is 149 cm³/mol. The molecule has 4 amide bonds. The Hall–Kier alpha value is -1.85. The molecule has 1 aliphatic carbocycles. The zero-order valence-electron chi connectivity index (χ0n) is 23.2. The van der Waals surface area contributed by atoms with Gasteiger partial charge in [0.1, 0.15) is 12.1 Å². The highest BCUT2D eigenvalue weighted by atomic mass is 32.2. The van der Waals surface area contributed by atoms with Gasteiger partial charge < -0.3 is 15.0 Å². The lowest BCUT2D eigenvalue weighted by molar-refractivity contribution is -0.130. The largest absolute Gasteiger partial charge is 0.446 e. The first kappa shape index (κ1) is 28.7. The number of amides is 4. The van der Waals surface area contributed by atoms with Crippen molar-refractivity contribution < 1.29 is 23.9 Å². The van der Waals surface area contributed by atoms with E-state index in [0.29, 0.717) is 50.1 Å². The minimum absolute atomic E-state index is 0.0203. The minimum atomic E-state index is -0.733. The topological polar surface area (TPSA) is 120 Å². The summed E-state index contributed by atoms with van der Waals surface area (Å²) in [5, 5.41) is 9.10. The monoisotopic (exact) mass is 563 g/mol. The highest BCUT2D eigenvalue weighted by Crippen LogP contribution is 2.45. The Morgan fingerprint density at radius 1 is 0.872 bits per heavy atom. The van der Waals surface area contributed by atoms with Crippen molar-refractivity contribution in [1.82, 2.24) is 25.8 Å². The van der Waals surface area contributed by atoms with E-state index in [-0.39, 0.29) is 41.4 Å². The van der Waals surface area contributed by atoms with Crippen LogP contribution in [-0.4, -0.2) is 88.7 Å². The molecule has 0 spiro atoms. The highest BCUT2D eigenvalue weighted by Gasteiger charge is 2.45. The van der Waals surface area contributed by atoms with Crippen LogP contribution >= 0.6 is 11.8 Å². The van der Waals surface area contributed by atoms with E-state index in [1.807, 2.05) is 0 Å². The van der Waals surface area contributed by atoms with Crippen LogP contribution in [0.3, 0.4) is 0 Å². The molecule has 5 aliphatic rings. The number of fused-ring (bicyclic) bond motifs is 1. The molecule has 39 heavy (non-hydrogen) atoms. The summed E-state index contributed by atoms with van der Waals surface area (Å²) < 4.78 is 5.54. The van der Waals surface area contributed by atoms with Crippen LogP contribution in [0.4, 0.5) is 4.79 Å². The van der Waals surface area contributed by atoms with Crippen LogP contribution in [0.5, 0.6) is 0 Å². The Labute approximate surface area is 236 Å². The molecule has 0 aromatic heterocycles. The molecule has 5 rings (SSSR count). The number of imide groups is 1. The number of nitrogens with one attached hydrogen (secondary N) is 3. The average molecular weight is 564 g/mol. The maximum absolute atomic E-state index is 13.4. The molecule has 4 saturated heterocycles. The molecule has 218 valence electrons. The number of nitrogens with zero attached hydrogens (tertiary/aromatic N) is 2. The second kappa shape index (κ2) is 13.2. The Kier molecular flexibility index (Phi) is 9.71. The zero-order valence-corrected chi connectivity index (χ0v) is 24.0. The standard InChI is InChI=1S/C28H45N5O5S/c1-18(34)32-14-11-20(12-15-32)38-28(37)31-25(35)21-16-23(19-8-4-2-3-5-9-19)39-27(21)30-26(36)22-17-33-13-7-6-10-24(33)29-22/h19-24,27,29H,2-17H2,1H3,(H,30,36)(H,31,35,37). The number of thioether (sulfide) groups is 1. The van der Waals surface area contributed by atoms with Gasteiger partial charge in [0, 0.05) is 44.6 Å². The van der Waals surface area contributed by atoms with Crippen LogP contribution in [0.25, 0.3) is 0 Å². The molecule has 0 radical (unpaired) electrons. The molecule has 0 bridgehead atoms. The van der Waals surface area contributed by atoms with E-state index in [9.17, 15) is 19.2 Å². The van der Waals surface area contributed by atoms with Gasteiger partial charge in [-0.3, -0.25) is 29.9 Å². The summed E-state index contributed by atoms with van der Waals surface area (Å²) in [7, 11) is 0. The van der Waals surface area contributed by atoms with Crippen LogP contribution in [0.2, 0.25) is 0 Å². The molecule has 4 heterocycles. The van der Waals surface area contributed by atoms with E-state index in [0.717, 1.165) is 25.8 Å². The zero-order chi connectivity index (χ0) is 27.4. The maximum Gasteiger partial charge on any atom is 0.414 e. The van der Waals surface area contributed by atoms with Crippen molar-refractivity contribution in [2.24, 2.45) is 11.8 Å². The molecule has 4 aliphatic heterocycles. The quantitative estimate of drug-likeness (QED) is 0.437. The van der Waals surface area contributed by atoms with Crippen molar-refractivity contribution in [3.05, 3.63) is 0 Å². The molecule has 0 aromatic carbocycles. The number of likely N-dealkylation sites (tertiary alicyclic amines) is 1. The van der Waals surface area contributed by atoms with Gasteiger partial charge in [-0.15, -0.1) is 11.8 Å². The van der Waals surface area contributed by atoms with Crippen LogP contribution in [-0.2, 0) is 19.1 Å². The average Bonchev–Trinajstić information content (AvgIpc) is 3.44. The van der Waals surface area contributed by atoms with E-state index in [2.05, 4.69) is 20.9 Å². The third-order valence-corrected chi connectivity index (χ3v) is 11.0. The van der Waals surface area contributed by atoms with Crippen molar-refractivity contribution in [1.29, 1.82) is 0 Å². The first-order valence-electron chi connectivity index (χ1n) is 15.1. The fraction of sp³-hybridized carbons (Fsp3) is 0.857. The number of ether oxygens (including phenoxy) is 1. The summed E-state index contributed by atoms with van der Waals surface area (Å²) in [5.41, 5.74) is 0. The van der Waals surface area contributed by atoms with Crippen LogP contribution < -0.4 is 16.0 Å². The van der Waals surface area contributed by atoms with E-state index in [1.54, 1.807) is 16.7 Å². The van der Waals surface area contributed by atoms with Crippen LogP contribution in [0, 0.1) is 11.8 Å². The molecular formula is C28H45N5O5S. The smallest absolute Gasteiger partial charge is 0.414 e. The number of rotatable bonds is 5. The number of carbonyl (C=O) groups is 4. The lowest BCUT2D eigenvalue weighted by Gasteiger charge is -2.30. The van der Waals surface area contributed by atoms with Crippen molar-refractivity contribution in [2.75, 3.05) is 26.2 Å². The summed E-state index contributed by atoms with van der Waals surface area (Å²) in [4.78, 5) is 55.1. The fourth-order valence-electron chi connectivity index (χ4n) is 7.06. The molecule has 5 unspecified atom stereocenters. The highest BCUT2D eigenvalue weighted by molar-refractivity contribution is 8.00. The summed E-state index contributed by atoms with van der Waals surface area (Å²) in [5.74, 6) is -0.352. The second-order valence-corrected chi connectivity index (χ2v) is 13.4. The minimum Gasteiger partial charge on any atom is -0.446 e. The van der Waals surface area contributed by atoms with Crippen molar-refractivity contribution in [3.8, 4) is 0 Å². The maximum atomic E-state index is 13.4. The van der Waals surface area contributed by atoms with Crippen molar-refractivity contribution in [2.45, 2.75) is 113 Å². The van der Waals surface area contributed by atoms with Gasteiger partial charge >= 0.3 is 6.09 Å². The number of piperidine rings is 2. The third kappa shape index (κ3) is 7.27. The van der Waals surface area contributed by atoms with Gasteiger partial charge in [0.2, 0.25) is 17.7 Å². The molecular weight excluding hydrogens is 518 g/mol. The lowest BCUT2D eigenvalue weighted by Crippen LogP contribution is -2.50. The van der Waals surface area contributed by atoms with Gasteiger partial charge in [0.25, 0.3) is 0 Å². The SMILES string of the molecule is CC(=O)N1CCC(OC(=O)NC(=O)C2CC(C3CCCCCC3)SC2NC(=O)C2CN3CCCCC3N2)CC1. The van der Waals surface area contributed by atoms with Gasteiger partial charge in [0.15, 0.2) is 0 Å². The number of alkyl carbamates (subject to hydrolysis) is 1. The number of hydrogen-bond acceptors (Lipinski definition) is 8. The third-order valence-electron chi connectivity index (χ3n) is 9.35. The van der Waals surface area contributed by atoms with Crippen molar-refractivity contribution >= 4 is 35.6 Å². The second-order valence-electron chi connectivity index (χ2n) is 12.0. The van der Waals surface area contributed by atoms with Crippen LogP contribution in [0.15, 0.2) is 0 Å². The summed E-state index contributed by atoms with van der Waals surface area (Å²) in [6.07, 6.45) is 11.7. The Morgan fingerprint density at radius 2 is 1.59 bits per heavy atom. The molecule has 10 nitrogen and oxygen atoms in total. The Bertz CT molecular complexity index is 891. The molecule has 5 fully saturated rings. The lowest BCUT2D eigenvalue weighted by atomic mass is 9.90. The van der Waals surface area contributed by atoms with E-state index in [4.69, 9.17) is 4.74 Å². The molecule has 0 aromatic rings. The van der Waals surface area contributed by atoms with E-state index in [1.165, 1.54) is 45.4 Å². The van der Waals surface area contributed by atoms with E-state index < -0.39 is 12.0 Å². The first-order valence-corrected chi connectivity index (χ1v) is 16.0. The molecule has 3 N–H and O–H groups in total. The Balaban J connectivity index is 1.18. The first-order chi connectivity index (χ1) is 18.9. The fourth-order valence-corrected chi connectivity index (χ4v) is 8.86. The van der Waals surface area contributed by atoms with Crippen LogP contribution in [0.1, 0.15) is 84.0 Å². The van der Waals surface area contributed by atoms with Gasteiger partial charge in [-0.25, -0.2) is 4.79 Å². The summed E-state index contributed by atoms with van der Waals surface area (Å²) in [6.45, 7) is 4.35. The molecule has 11 heteroatoms. The van der Waals surface area contributed by atoms with Crippen molar-refractivity contribution in [3.63, 3.8) is 0 Å². The van der Waals surface area contributed by atoms with Gasteiger partial charge in [-0.05, 0) is 51.0 Å². The summed E-state index contributed by atoms with van der Waals surface area (Å²) in [6, 6.07) is -0.278. The normalized spacial score (nSPS) is 32.7. The molecule has 1 saturated carbocycles. The Morgan fingerprint density at radius 3 is 2.28 bits per heavy atom.